The molecule has 0 saturated heterocycles. The van der Waals surface area contributed by atoms with Crippen LogP contribution in [0.4, 0.5) is 0 Å². The zero-order valence-electron chi connectivity index (χ0n) is 14.7. The summed E-state index contributed by atoms with van der Waals surface area (Å²) in [6, 6.07) is 12.8. The van der Waals surface area contributed by atoms with Gasteiger partial charge in [0, 0.05) is 36.8 Å². The lowest BCUT2D eigenvalue weighted by molar-refractivity contribution is 0.810. The number of nitrogens with zero attached hydrogens (tertiary/aromatic N) is 3. The fourth-order valence-corrected chi connectivity index (χ4v) is 3.75. The van der Waals surface area contributed by atoms with Crippen molar-refractivity contribution in [3.05, 3.63) is 71.3 Å². The van der Waals surface area contributed by atoms with Crippen LogP contribution in [0.1, 0.15) is 42.3 Å². The van der Waals surface area contributed by atoms with Crippen molar-refractivity contribution >= 4 is 16.6 Å². The first kappa shape index (κ1) is 15.0. The van der Waals surface area contributed by atoms with Crippen LogP contribution in [0.3, 0.4) is 0 Å². The highest BCUT2D eigenvalue weighted by atomic mass is 15.0. The molecule has 0 fully saturated rings. The molecule has 3 nitrogen and oxygen atoms in total. The van der Waals surface area contributed by atoms with Crippen molar-refractivity contribution in [2.24, 2.45) is 7.05 Å². The van der Waals surface area contributed by atoms with E-state index in [1.54, 1.807) is 0 Å². The lowest BCUT2D eigenvalue weighted by Crippen LogP contribution is -2.00. The standard InChI is InChI=1S/C21H23N3/c1-14(2)21-18(24-11-6-5-10-19(24)22-21)12-16-13-23(4)17-9-7-8-15(3)20(16)17/h5-11,13-14H,12H2,1-4H3. The molecule has 122 valence electrons. The summed E-state index contributed by atoms with van der Waals surface area (Å²) in [5, 5.41) is 1.38. The Balaban J connectivity index is 1.93. The molecule has 0 amide bonds. The Morgan fingerprint density at radius 1 is 1.08 bits per heavy atom. The van der Waals surface area contributed by atoms with E-state index < -0.39 is 0 Å². The van der Waals surface area contributed by atoms with Gasteiger partial charge in [0.1, 0.15) is 5.65 Å². The molecule has 3 aromatic heterocycles. The summed E-state index contributed by atoms with van der Waals surface area (Å²) in [7, 11) is 2.13. The number of aryl methyl sites for hydroxylation is 2. The van der Waals surface area contributed by atoms with Gasteiger partial charge in [-0.3, -0.25) is 0 Å². The topological polar surface area (TPSA) is 22.2 Å². The van der Waals surface area contributed by atoms with Gasteiger partial charge < -0.3 is 8.97 Å². The third-order valence-electron chi connectivity index (χ3n) is 4.87. The first-order valence-corrected chi connectivity index (χ1v) is 8.55. The van der Waals surface area contributed by atoms with Gasteiger partial charge in [-0.1, -0.05) is 32.0 Å². The first-order chi connectivity index (χ1) is 11.6. The van der Waals surface area contributed by atoms with Crippen LogP contribution in [0.5, 0.6) is 0 Å². The highest BCUT2D eigenvalue weighted by molar-refractivity contribution is 5.87. The van der Waals surface area contributed by atoms with Crippen LogP contribution in [0.15, 0.2) is 48.8 Å². The van der Waals surface area contributed by atoms with Crippen molar-refractivity contribution in [3.8, 4) is 0 Å². The van der Waals surface area contributed by atoms with Gasteiger partial charge in [0.15, 0.2) is 0 Å². The summed E-state index contributed by atoms with van der Waals surface area (Å²) in [4.78, 5) is 4.87. The van der Waals surface area contributed by atoms with Crippen LogP contribution in [0, 0.1) is 6.92 Å². The van der Waals surface area contributed by atoms with E-state index in [9.17, 15) is 0 Å². The third kappa shape index (κ3) is 2.23. The van der Waals surface area contributed by atoms with Gasteiger partial charge in [0.05, 0.1) is 11.4 Å². The quantitative estimate of drug-likeness (QED) is 0.529. The number of rotatable bonds is 3. The Kier molecular flexibility index (Phi) is 3.45. The predicted molar refractivity (Wildman–Crippen MR) is 99.7 cm³/mol. The molecular formula is C21H23N3. The SMILES string of the molecule is Cc1cccc2c1c(Cc1c(C(C)C)nc3ccccn13)cn2C. The average Bonchev–Trinajstić information content (AvgIpc) is 3.08. The normalized spacial score (nSPS) is 11.9. The summed E-state index contributed by atoms with van der Waals surface area (Å²) in [5.41, 5.74) is 7.54. The molecule has 0 saturated carbocycles. The minimum absolute atomic E-state index is 0.413. The van der Waals surface area contributed by atoms with Crippen molar-refractivity contribution in [2.45, 2.75) is 33.1 Å². The number of pyridine rings is 1. The molecule has 0 spiro atoms. The van der Waals surface area contributed by atoms with Crippen LogP contribution < -0.4 is 0 Å². The van der Waals surface area contributed by atoms with Crippen molar-refractivity contribution in [3.63, 3.8) is 0 Å². The number of hydrogen-bond acceptors (Lipinski definition) is 1. The van der Waals surface area contributed by atoms with E-state index in [0.717, 1.165) is 12.1 Å². The molecule has 3 heterocycles. The largest absolute Gasteiger partial charge is 0.350 e. The smallest absolute Gasteiger partial charge is 0.137 e. The lowest BCUT2D eigenvalue weighted by Gasteiger charge is -2.08. The maximum Gasteiger partial charge on any atom is 0.137 e. The van der Waals surface area contributed by atoms with Gasteiger partial charge in [-0.25, -0.2) is 4.98 Å². The van der Waals surface area contributed by atoms with Gasteiger partial charge in [0.25, 0.3) is 0 Å². The van der Waals surface area contributed by atoms with E-state index in [-0.39, 0.29) is 0 Å². The van der Waals surface area contributed by atoms with Gasteiger partial charge >= 0.3 is 0 Å². The minimum Gasteiger partial charge on any atom is -0.350 e. The van der Waals surface area contributed by atoms with Crippen molar-refractivity contribution in [1.82, 2.24) is 14.0 Å². The molecule has 0 aliphatic heterocycles. The van der Waals surface area contributed by atoms with Gasteiger partial charge in [-0.05, 0) is 42.2 Å². The number of aromatic nitrogens is 3. The second-order valence-corrected chi connectivity index (χ2v) is 6.94. The predicted octanol–water partition coefficient (Wildman–Crippen LogP) is 4.85. The molecule has 0 aliphatic rings. The average molecular weight is 317 g/mol. The Morgan fingerprint density at radius 3 is 2.71 bits per heavy atom. The fraction of sp³-hybridized carbons (Fsp3) is 0.286. The molecule has 1 aromatic carbocycles. The Bertz CT molecular complexity index is 1030. The third-order valence-corrected chi connectivity index (χ3v) is 4.87. The van der Waals surface area contributed by atoms with E-state index >= 15 is 0 Å². The van der Waals surface area contributed by atoms with Crippen LogP contribution in [0.2, 0.25) is 0 Å². The molecule has 0 N–H and O–H groups in total. The van der Waals surface area contributed by atoms with Crippen LogP contribution in [0.25, 0.3) is 16.6 Å². The Hall–Kier alpha value is -2.55. The highest BCUT2D eigenvalue weighted by Crippen LogP contribution is 2.29. The van der Waals surface area contributed by atoms with Crippen LogP contribution in [-0.2, 0) is 13.5 Å². The zero-order valence-corrected chi connectivity index (χ0v) is 14.7. The van der Waals surface area contributed by atoms with Crippen molar-refractivity contribution in [2.75, 3.05) is 0 Å². The number of benzene rings is 1. The zero-order chi connectivity index (χ0) is 16.8. The molecule has 0 bridgehead atoms. The molecular weight excluding hydrogens is 294 g/mol. The molecule has 0 aliphatic carbocycles. The van der Waals surface area contributed by atoms with Gasteiger partial charge in [0.2, 0.25) is 0 Å². The van der Waals surface area contributed by atoms with Crippen molar-refractivity contribution < 1.29 is 0 Å². The Labute approximate surface area is 142 Å². The molecule has 3 heteroatoms. The molecule has 0 atom stereocenters. The molecule has 0 unspecified atom stereocenters. The van der Waals surface area contributed by atoms with Gasteiger partial charge in [-0.2, -0.15) is 0 Å². The molecule has 4 rings (SSSR count). The molecule has 4 aromatic rings. The van der Waals surface area contributed by atoms with Crippen molar-refractivity contribution in [1.29, 1.82) is 0 Å². The van der Waals surface area contributed by atoms with E-state index in [2.05, 4.69) is 85.6 Å². The molecule has 24 heavy (non-hydrogen) atoms. The van der Waals surface area contributed by atoms with E-state index in [4.69, 9.17) is 4.98 Å². The van der Waals surface area contributed by atoms with E-state index in [0.29, 0.717) is 5.92 Å². The number of imidazole rings is 1. The second kappa shape index (κ2) is 5.52. The highest BCUT2D eigenvalue weighted by Gasteiger charge is 2.17. The summed E-state index contributed by atoms with van der Waals surface area (Å²) in [5.74, 6) is 0.413. The van der Waals surface area contributed by atoms with E-state index in [1.807, 2.05) is 0 Å². The maximum absolute atomic E-state index is 4.87. The van der Waals surface area contributed by atoms with Gasteiger partial charge in [-0.15, -0.1) is 0 Å². The Morgan fingerprint density at radius 2 is 1.92 bits per heavy atom. The lowest BCUT2D eigenvalue weighted by atomic mass is 10.0. The monoisotopic (exact) mass is 317 g/mol. The summed E-state index contributed by atoms with van der Waals surface area (Å²) >= 11 is 0. The fourth-order valence-electron chi connectivity index (χ4n) is 3.75. The molecule has 0 radical (unpaired) electrons. The minimum atomic E-state index is 0.413. The van der Waals surface area contributed by atoms with Crippen LogP contribution in [-0.4, -0.2) is 14.0 Å². The second-order valence-electron chi connectivity index (χ2n) is 6.94. The summed E-state index contributed by atoms with van der Waals surface area (Å²) < 4.78 is 4.47. The number of fused-ring (bicyclic) bond motifs is 2. The van der Waals surface area contributed by atoms with E-state index in [1.165, 1.54) is 33.4 Å². The summed E-state index contributed by atoms with van der Waals surface area (Å²) in [6.07, 6.45) is 5.30. The first-order valence-electron chi connectivity index (χ1n) is 8.55. The van der Waals surface area contributed by atoms with Crippen LogP contribution >= 0.6 is 0 Å². The number of hydrogen-bond donors (Lipinski definition) is 0. The summed E-state index contributed by atoms with van der Waals surface area (Å²) in [6.45, 7) is 6.64. The maximum atomic E-state index is 4.87.